The minimum atomic E-state index is -1.53. The molecule has 0 radical (unpaired) electrons. The number of aliphatic hydroxyl groups is 4. The lowest BCUT2D eigenvalue weighted by Gasteiger charge is -2.40. The summed E-state index contributed by atoms with van der Waals surface area (Å²) in [5.41, 5.74) is 1.35. The molecule has 10 heteroatoms. The molecule has 1 heterocycles. The second-order valence-corrected chi connectivity index (χ2v) is 7.74. The molecule has 0 saturated carbocycles. The molecule has 10 nitrogen and oxygen atoms in total. The molecule has 1 fully saturated rings. The number of hydrogen-bond acceptors (Lipinski definition) is 10. The summed E-state index contributed by atoms with van der Waals surface area (Å²) >= 11 is 0. The van der Waals surface area contributed by atoms with Gasteiger partial charge >= 0.3 is 11.9 Å². The molecule has 35 heavy (non-hydrogen) atoms. The summed E-state index contributed by atoms with van der Waals surface area (Å²) in [6.45, 7) is -0.552. The first kappa shape index (κ1) is 26.2. The normalized spacial score (nSPS) is 23.6. The van der Waals surface area contributed by atoms with Crippen LogP contribution in [0, 0.1) is 11.8 Å². The molecule has 0 unspecified atom stereocenters. The van der Waals surface area contributed by atoms with Crippen molar-refractivity contribution in [1.82, 2.24) is 0 Å². The number of carbonyl (C=O) groups is 2. The molecule has 4 N–H and O–H groups in total. The van der Waals surface area contributed by atoms with Crippen molar-refractivity contribution in [3.05, 3.63) is 64.2 Å². The average Bonchev–Trinajstić information content (AvgIpc) is 2.89. The van der Waals surface area contributed by atoms with Gasteiger partial charge in [0.25, 0.3) is 0 Å². The van der Waals surface area contributed by atoms with Gasteiger partial charge in [0.15, 0.2) is 0 Å². The lowest BCUT2D eigenvalue weighted by atomic mass is 9.90. The summed E-state index contributed by atoms with van der Waals surface area (Å²) in [5, 5.41) is 40.0. The summed E-state index contributed by atoms with van der Waals surface area (Å²) in [6.07, 6.45) is -6.57. The van der Waals surface area contributed by atoms with Crippen LogP contribution >= 0.6 is 0 Å². The number of rotatable bonds is 5. The summed E-state index contributed by atoms with van der Waals surface area (Å²) in [4.78, 5) is 24.0. The Bertz CT molecular complexity index is 1110. The fourth-order valence-corrected chi connectivity index (χ4v) is 3.69. The van der Waals surface area contributed by atoms with Crippen molar-refractivity contribution in [2.24, 2.45) is 0 Å². The minimum Gasteiger partial charge on any atom is -0.495 e. The maximum atomic E-state index is 12.0. The van der Waals surface area contributed by atoms with Crippen LogP contribution in [-0.4, -0.2) is 84.7 Å². The van der Waals surface area contributed by atoms with Crippen LogP contribution in [0.25, 0.3) is 0 Å². The van der Waals surface area contributed by atoms with E-state index in [1.807, 2.05) is 0 Å². The van der Waals surface area contributed by atoms with Crippen LogP contribution in [0.1, 0.15) is 43.5 Å². The van der Waals surface area contributed by atoms with Crippen molar-refractivity contribution in [2.75, 3.05) is 27.9 Å². The third-order valence-corrected chi connectivity index (χ3v) is 5.56. The first-order valence-electron chi connectivity index (χ1n) is 10.6. The van der Waals surface area contributed by atoms with E-state index in [4.69, 9.17) is 18.9 Å². The molecule has 2 aromatic rings. The van der Waals surface area contributed by atoms with Crippen molar-refractivity contribution in [3.8, 4) is 17.6 Å². The molecule has 0 bridgehead atoms. The van der Waals surface area contributed by atoms with E-state index in [0.29, 0.717) is 22.4 Å². The molecule has 0 aromatic heterocycles. The zero-order valence-electron chi connectivity index (χ0n) is 19.3. The van der Waals surface area contributed by atoms with Gasteiger partial charge in [-0.25, -0.2) is 9.59 Å². The number of esters is 2. The zero-order valence-corrected chi connectivity index (χ0v) is 19.3. The van der Waals surface area contributed by atoms with E-state index in [-0.39, 0.29) is 11.1 Å². The molecule has 186 valence electrons. The van der Waals surface area contributed by atoms with Crippen LogP contribution in [0.5, 0.6) is 5.75 Å². The van der Waals surface area contributed by atoms with E-state index in [1.54, 1.807) is 18.2 Å². The Morgan fingerprint density at radius 3 is 2.06 bits per heavy atom. The Morgan fingerprint density at radius 2 is 1.51 bits per heavy atom. The second-order valence-electron chi connectivity index (χ2n) is 7.74. The van der Waals surface area contributed by atoms with Gasteiger partial charge in [-0.3, -0.25) is 0 Å². The molecule has 3 rings (SSSR count). The highest BCUT2D eigenvalue weighted by Gasteiger charge is 2.44. The van der Waals surface area contributed by atoms with Gasteiger partial charge in [-0.1, -0.05) is 17.9 Å². The van der Waals surface area contributed by atoms with E-state index in [9.17, 15) is 30.0 Å². The predicted molar refractivity (Wildman–Crippen MR) is 121 cm³/mol. The Balaban J connectivity index is 2.02. The molecule has 1 aliphatic rings. The molecule has 5 atom stereocenters. The van der Waals surface area contributed by atoms with Crippen molar-refractivity contribution in [2.45, 2.75) is 30.5 Å². The monoisotopic (exact) mass is 486 g/mol. The standard InChI is InChI=1S/C25H26O10/c1-32-18-7-6-15(23-22(29)21(28)20(27)19(12-26)35-23)10-14(18)5-4-13-8-16(24(30)33-2)11-17(9-13)25(31)34-3/h6-11,19-23,26-29H,12H2,1-3H3/t19-,20-,21+,22+,23-/m1/s1. The van der Waals surface area contributed by atoms with E-state index in [0.717, 1.165) is 0 Å². The molecule has 0 spiro atoms. The molecular weight excluding hydrogens is 460 g/mol. The van der Waals surface area contributed by atoms with Gasteiger partial charge in [-0.15, -0.1) is 0 Å². The fourth-order valence-electron chi connectivity index (χ4n) is 3.69. The Kier molecular flexibility index (Phi) is 8.45. The van der Waals surface area contributed by atoms with Crippen molar-refractivity contribution >= 4 is 11.9 Å². The van der Waals surface area contributed by atoms with Crippen LogP contribution in [0.2, 0.25) is 0 Å². The molecule has 0 amide bonds. The summed E-state index contributed by atoms with van der Waals surface area (Å²) in [5.74, 6) is 4.87. The van der Waals surface area contributed by atoms with Crippen LogP contribution in [0.15, 0.2) is 36.4 Å². The largest absolute Gasteiger partial charge is 0.495 e. The molecule has 1 saturated heterocycles. The van der Waals surface area contributed by atoms with Crippen LogP contribution in [0.3, 0.4) is 0 Å². The summed E-state index contributed by atoms with van der Waals surface area (Å²) < 4.78 is 20.4. The van der Waals surface area contributed by atoms with Crippen LogP contribution < -0.4 is 4.74 Å². The number of hydrogen-bond donors (Lipinski definition) is 4. The van der Waals surface area contributed by atoms with E-state index >= 15 is 0 Å². The highest BCUT2D eigenvalue weighted by Crippen LogP contribution is 2.34. The van der Waals surface area contributed by atoms with Gasteiger partial charge in [0.05, 0.1) is 44.6 Å². The highest BCUT2D eigenvalue weighted by atomic mass is 16.5. The maximum absolute atomic E-state index is 12.0. The first-order chi connectivity index (χ1) is 16.7. The second kappa shape index (κ2) is 11.3. The molecule has 0 aliphatic carbocycles. The Hall–Kier alpha value is -3.46. The molecule has 2 aromatic carbocycles. The van der Waals surface area contributed by atoms with Crippen molar-refractivity contribution in [1.29, 1.82) is 0 Å². The number of ether oxygens (including phenoxy) is 4. The Labute approximate surface area is 201 Å². The smallest absolute Gasteiger partial charge is 0.337 e. The van der Waals surface area contributed by atoms with Crippen LogP contribution in [0.4, 0.5) is 0 Å². The molecular formula is C25H26O10. The topological polar surface area (TPSA) is 152 Å². The lowest BCUT2D eigenvalue weighted by Crippen LogP contribution is -2.55. The van der Waals surface area contributed by atoms with Gasteiger partial charge in [0, 0.05) is 5.56 Å². The van der Waals surface area contributed by atoms with Gasteiger partial charge in [0.1, 0.15) is 36.3 Å². The number of aliphatic hydroxyl groups excluding tert-OH is 4. The molecule has 1 aliphatic heterocycles. The van der Waals surface area contributed by atoms with Gasteiger partial charge in [-0.2, -0.15) is 0 Å². The van der Waals surface area contributed by atoms with Crippen molar-refractivity contribution < 1.29 is 49.0 Å². The first-order valence-corrected chi connectivity index (χ1v) is 10.6. The number of methoxy groups -OCH3 is 3. The highest BCUT2D eigenvalue weighted by molar-refractivity contribution is 5.96. The third-order valence-electron chi connectivity index (χ3n) is 5.56. The van der Waals surface area contributed by atoms with Crippen molar-refractivity contribution in [3.63, 3.8) is 0 Å². The number of benzene rings is 2. The average molecular weight is 486 g/mol. The van der Waals surface area contributed by atoms with Gasteiger partial charge in [0.2, 0.25) is 0 Å². The van der Waals surface area contributed by atoms with E-state index in [1.165, 1.54) is 39.5 Å². The predicted octanol–water partition coefficient (Wildman–Crippen LogP) is 0.183. The minimum absolute atomic E-state index is 0.113. The third kappa shape index (κ3) is 5.62. The summed E-state index contributed by atoms with van der Waals surface area (Å²) in [7, 11) is 3.88. The van der Waals surface area contributed by atoms with Gasteiger partial charge in [-0.05, 0) is 35.9 Å². The fraction of sp³-hybridized carbons (Fsp3) is 0.360. The van der Waals surface area contributed by atoms with E-state index in [2.05, 4.69) is 11.8 Å². The van der Waals surface area contributed by atoms with Gasteiger partial charge < -0.3 is 39.4 Å². The quantitative estimate of drug-likeness (QED) is 0.340. The van der Waals surface area contributed by atoms with E-state index < -0.39 is 49.1 Å². The Morgan fingerprint density at radius 1 is 0.886 bits per heavy atom. The van der Waals surface area contributed by atoms with Crippen LogP contribution in [-0.2, 0) is 14.2 Å². The SMILES string of the molecule is COC(=O)c1cc(C#Cc2cc([C@H]3O[C@H](CO)[C@@H](O)[C@H](O)[C@@H]3O)ccc2OC)cc(C(=O)OC)c1. The zero-order chi connectivity index (χ0) is 25.7. The lowest BCUT2D eigenvalue weighted by molar-refractivity contribution is -0.231. The maximum Gasteiger partial charge on any atom is 0.337 e. The summed E-state index contributed by atoms with van der Waals surface area (Å²) in [6, 6.07) is 9.01. The number of carbonyl (C=O) groups excluding carboxylic acids is 2.